The third-order valence-corrected chi connectivity index (χ3v) is 5.67. The van der Waals surface area contributed by atoms with Gasteiger partial charge in [0.05, 0.1) is 9.38 Å². The van der Waals surface area contributed by atoms with Gasteiger partial charge >= 0.3 is 0 Å². The molecule has 144 valence electrons. The highest BCUT2D eigenvalue weighted by molar-refractivity contribution is 9.10. The van der Waals surface area contributed by atoms with Crippen LogP contribution in [-0.4, -0.2) is 23.1 Å². The molecule has 1 aliphatic rings. The van der Waals surface area contributed by atoms with E-state index in [9.17, 15) is 14.0 Å². The van der Waals surface area contributed by atoms with E-state index in [0.717, 1.165) is 27.8 Å². The zero-order chi connectivity index (χ0) is 20.3. The summed E-state index contributed by atoms with van der Waals surface area (Å²) in [5, 5.41) is -0.300. The van der Waals surface area contributed by atoms with Crippen LogP contribution >= 0.6 is 27.7 Å². The van der Waals surface area contributed by atoms with Gasteiger partial charge in [-0.3, -0.25) is 14.5 Å². The number of carbonyl (C=O) groups excluding carboxylic acids is 2. The van der Waals surface area contributed by atoms with Crippen molar-refractivity contribution < 1.29 is 18.7 Å². The molecule has 4 nitrogen and oxygen atoms in total. The highest BCUT2D eigenvalue weighted by Crippen LogP contribution is 2.36. The van der Waals surface area contributed by atoms with E-state index in [4.69, 9.17) is 4.74 Å². The lowest BCUT2D eigenvalue weighted by Gasteiger charge is -2.14. The van der Waals surface area contributed by atoms with Crippen LogP contribution in [0, 0.1) is 5.82 Å². The molecule has 0 saturated carbocycles. The number of thioether (sulfide) groups is 1. The number of benzene rings is 2. The van der Waals surface area contributed by atoms with Gasteiger partial charge < -0.3 is 4.74 Å². The second-order valence-electron chi connectivity index (χ2n) is 6.10. The van der Waals surface area contributed by atoms with Gasteiger partial charge in [-0.2, -0.15) is 0 Å². The fourth-order valence-electron chi connectivity index (χ4n) is 2.69. The van der Waals surface area contributed by atoms with Gasteiger partial charge in [-0.1, -0.05) is 24.3 Å². The highest BCUT2D eigenvalue weighted by atomic mass is 79.9. The number of amides is 2. The molecule has 0 bridgehead atoms. The van der Waals surface area contributed by atoms with E-state index in [-0.39, 0.29) is 23.6 Å². The molecule has 1 saturated heterocycles. The minimum absolute atomic E-state index is 0.0868. The predicted molar refractivity (Wildman–Crippen MR) is 113 cm³/mol. The molecule has 2 aromatic carbocycles. The van der Waals surface area contributed by atoms with Gasteiger partial charge in [-0.05, 0) is 69.5 Å². The Morgan fingerprint density at radius 2 is 2.00 bits per heavy atom. The fraction of sp³-hybridized carbons (Fsp3) is 0.143. The summed E-state index contributed by atoms with van der Waals surface area (Å²) in [7, 11) is 1.46. The smallest absolute Gasteiger partial charge is 0.293 e. The summed E-state index contributed by atoms with van der Waals surface area (Å²) in [6.45, 7) is 3.85. The van der Waals surface area contributed by atoms with Crippen LogP contribution in [0.2, 0.25) is 0 Å². The van der Waals surface area contributed by atoms with Gasteiger partial charge in [0.2, 0.25) is 0 Å². The van der Waals surface area contributed by atoms with Crippen LogP contribution in [0.4, 0.5) is 9.18 Å². The number of imide groups is 1. The van der Waals surface area contributed by atoms with E-state index < -0.39 is 0 Å². The molecule has 3 rings (SSSR count). The SMILES string of the molecule is C=CCc1cc(/C=C2\SC(=O)N(C)C2=O)cc(Br)c1OCc1ccccc1F. The maximum atomic E-state index is 13.9. The summed E-state index contributed by atoms with van der Waals surface area (Å²) < 4.78 is 20.4. The number of likely N-dealkylation sites (N-methyl/N-ethyl adjacent to an activating group) is 1. The van der Waals surface area contributed by atoms with E-state index in [1.165, 1.54) is 13.1 Å². The van der Waals surface area contributed by atoms with Gasteiger partial charge in [0.15, 0.2) is 0 Å². The summed E-state index contributed by atoms with van der Waals surface area (Å²) in [6.07, 6.45) is 3.94. The molecular weight excluding hydrogens is 445 g/mol. The van der Waals surface area contributed by atoms with Crippen LogP contribution in [0.1, 0.15) is 16.7 Å². The second-order valence-corrected chi connectivity index (χ2v) is 7.95. The summed E-state index contributed by atoms with van der Waals surface area (Å²) in [4.78, 5) is 25.2. The monoisotopic (exact) mass is 461 g/mol. The quantitative estimate of drug-likeness (QED) is 0.417. The van der Waals surface area contributed by atoms with Crippen LogP contribution in [0.15, 0.2) is 58.4 Å². The molecule has 0 spiro atoms. The number of allylic oxidation sites excluding steroid dienone is 1. The van der Waals surface area contributed by atoms with E-state index in [2.05, 4.69) is 22.5 Å². The van der Waals surface area contributed by atoms with Crippen molar-refractivity contribution in [2.24, 2.45) is 0 Å². The molecule has 0 radical (unpaired) electrons. The molecule has 0 aliphatic carbocycles. The minimum Gasteiger partial charge on any atom is -0.487 e. The first-order valence-electron chi connectivity index (χ1n) is 8.41. The molecule has 0 N–H and O–H groups in total. The van der Waals surface area contributed by atoms with Crippen molar-refractivity contribution in [3.8, 4) is 5.75 Å². The number of hydrogen-bond donors (Lipinski definition) is 0. The Morgan fingerprint density at radius 1 is 1.25 bits per heavy atom. The normalized spacial score (nSPS) is 15.4. The molecule has 28 heavy (non-hydrogen) atoms. The molecule has 7 heteroatoms. The summed E-state index contributed by atoms with van der Waals surface area (Å²) in [6, 6.07) is 10.1. The summed E-state index contributed by atoms with van der Waals surface area (Å²) in [5.41, 5.74) is 2.04. The Hall–Kier alpha value is -2.38. The Kier molecular flexibility index (Phi) is 6.36. The maximum absolute atomic E-state index is 13.9. The molecule has 0 atom stereocenters. The van der Waals surface area contributed by atoms with Crippen molar-refractivity contribution >= 4 is 44.9 Å². The predicted octanol–water partition coefficient (Wildman–Crippen LogP) is 5.56. The maximum Gasteiger partial charge on any atom is 0.293 e. The molecule has 2 aromatic rings. The Morgan fingerprint density at radius 3 is 2.64 bits per heavy atom. The number of hydrogen-bond acceptors (Lipinski definition) is 4. The van der Waals surface area contributed by atoms with Crippen molar-refractivity contribution in [2.45, 2.75) is 13.0 Å². The standard InChI is InChI=1S/C21H17BrFNO3S/c1-3-6-14-9-13(11-18-20(25)24(2)21(26)28-18)10-16(22)19(14)27-12-15-7-4-5-8-17(15)23/h3-5,7-11H,1,6,12H2,2H3/b18-11-. The highest BCUT2D eigenvalue weighted by Gasteiger charge is 2.31. The van der Waals surface area contributed by atoms with Crippen molar-refractivity contribution in [2.75, 3.05) is 7.05 Å². The van der Waals surface area contributed by atoms with E-state index >= 15 is 0 Å². The number of rotatable bonds is 6. The number of nitrogens with zero attached hydrogens (tertiary/aromatic N) is 1. The Labute approximate surface area is 175 Å². The van der Waals surface area contributed by atoms with Crippen molar-refractivity contribution in [3.05, 3.63) is 80.9 Å². The van der Waals surface area contributed by atoms with E-state index in [1.54, 1.807) is 36.4 Å². The first kappa shape index (κ1) is 20.4. The number of carbonyl (C=O) groups is 2. The van der Waals surface area contributed by atoms with Crippen molar-refractivity contribution in [1.29, 1.82) is 0 Å². The van der Waals surface area contributed by atoms with Gasteiger partial charge in [0.1, 0.15) is 18.2 Å². The molecule has 1 heterocycles. The van der Waals surface area contributed by atoms with Crippen molar-refractivity contribution in [3.63, 3.8) is 0 Å². The Balaban J connectivity index is 1.90. The van der Waals surface area contributed by atoms with Crippen LogP contribution < -0.4 is 4.74 Å². The molecule has 0 unspecified atom stereocenters. The fourth-order valence-corrected chi connectivity index (χ4v) is 4.15. The molecule has 1 aliphatic heterocycles. The molecular formula is C21H17BrFNO3S. The third kappa shape index (κ3) is 4.36. The zero-order valence-corrected chi connectivity index (χ0v) is 17.5. The lowest BCUT2D eigenvalue weighted by molar-refractivity contribution is -0.121. The first-order chi connectivity index (χ1) is 13.4. The average molecular weight is 462 g/mol. The largest absolute Gasteiger partial charge is 0.487 e. The van der Waals surface area contributed by atoms with Gasteiger partial charge in [-0.25, -0.2) is 4.39 Å². The first-order valence-corrected chi connectivity index (χ1v) is 10.0. The van der Waals surface area contributed by atoms with Crippen molar-refractivity contribution in [1.82, 2.24) is 4.90 Å². The molecule has 1 fully saturated rings. The van der Waals surface area contributed by atoms with E-state index in [0.29, 0.717) is 27.1 Å². The van der Waals surface area contributed by atoms with Gasteiger partial charge in [0.25, 0.3) is 11.1 Å². The lowest BCUT2D eigenvalue weighted by Crippen LogP contribution is -2.22. The van der Waals surface area contributed by atoms with Crippen LogP contribution in [0.3, 0.4) is 0 Å². The minimum atomic E-state index is -0.323. The number of ether oxygens (including phenoxy) is 1. The summed E-state index contributed by atoms with van der Waals surface area (Å²) >= 11 is 4.40. The molecule has 2 amide bonds. The molecule has 0 aromatic heterocycles. The van der Waals surface area contributed by atoms with Gasteiger partial charge in [0, 0.05) is 12.6 Å². The average Bonchev–Trinajstić information content (AvgIpc) is 2.89. The zero-order valence-electron chi connectivity index (χ0n) is 15.1. The lowest BCUT2D eigenvalue weighted by atomic mass is 10.1. The number of halogens is 2. The Bertz CT molecular complexity index is 990. The van der Waals surface area contributed by atoms with Crippen LogP contribution in [0.5, 0.6) is 5.75 Å². The topological polar surface area (TPSA) is 46.6 Å². The third-order valence-electron chi connectivity index (χ3n) is 4.12. The van der Waals surface area contributed by atoms with E-state index in [1.807, 2.05) is 6.07 Å². The van der Waals surface area contributed by atoms with Gasteiger partial charge in [-0.15, -0.1) is 6.58 Å². The van der Waals surface area contributed by atoms with Crippen LogP contribution in [0.25, 0.3) is 6.08 Å². The second kappa shape index (κ2) is 8.75. The van der Waals surface area contributed by atoms with Crippen LogP contribution in [-0.2, 0) is 17.8 Å². The summed E-state index contributed by atoms with van der Waals surface area (Å²) in [5.74, 6) is -0.0593.